The third kappa shape index (κ3) is 2.84. The van der Waals surface area contributed by atoms with Gasteiger partial charge in [-0.05, 0) is 13.3 Å². The van der Waals surface area contributed by atoms with E-state index in [9.17, 15) is 0 Å². The zero-order valence-electron chi connectivity index (χ0n) is 9.67. The fraction of sp³-hybridized carbons (Fsp3) is 0.727. The molecule has 1 heterocycles. The topological polar surface area (TPSA) is 29.9 Å². The molecule has 0 radical (unpaired) electrons. The number of rotatable bonds is 5. The van der Waals surface area contributed by atoms with Gasteiger partial charge in [0.1, 0.15) is 0 Å². The van der Waals surface area contributed by atoms with E-state index < -0.39 is 0 Å². The van der Waals surface area contributed by atoms with Gasteiger partial charge in [-0.15, -0.1) is 0 Å². The lowest BCUT2D eigenvalue weighted by Gasteiger charge is -2.07. The van der Waals surface area contributed by atoms with Gasteiger partial charge in [0.25, 0.3) is 0 Å². The van der Waals surface area contributed by atoms with Crippen molar-refractivity contribution in [2.45, 2.75) is 53.2 Å². The maximum Gasteiger partial charge on any atom is 0.0537 e. The summed E-state index contributed by atoms with van der Waals surface area (Å²) in [6, 6.07) is 0.531. The van der Waals surface area contributed by atoms with Gasteiger partial charge in [-0.3, -0.25) is 4.68 Å². The third-order valence-corrected chi connectivity index (χ3v) is 2.34. The first-order valence-electron chi connectivity index (χ1n) is 5.39. The number of hydrogen-bond donors (Lipinski definition) is 1. The van der Waals surface area contributed by atoms with Gasteiger partial charge in [0.15, 0.2) is 0 Å². The molecule has 0 unspecified atom stereocenters. The van der Waals surface area contributed by atoms with Crippen LogP contribution >= 0.6 is 0 Å². The zero-order chi connectivity index (χ0) is 10.6. The quantitative estimate of drug-likeness (QED) is 0.779. The van der Waals surface area contributed by atoms with Crippen molar-refractivity contribution in [3.8, 4) is 0 Å². The normalized spacial score (nSPS) is 11.2. The molecule has 1 rings (SSSR count). The van der Waals surface area contributed by atoms with Crippen molar-refractivity contribution in [2.24, 2.45) is 0 Å². The van der Waals surface area contributed by atoms with Crippen LogP contribution in [-0.4, -0.2) is 15.8 Å². The molecule has 0 spiro atoms. The number of nitrogens with one attached hydrogen (secondary N) is 1. The van der Waals surface area contributed by atoms with E-state index in [0.717, 1.165) is 19.5 Å². The summed E-state index contributed by atoms with van der Waals surface area (Å²) in [5.41, 5.74) is 2.60. The summed E-state index contributed by atoms with van der Waals surface area (Å²) in [7, 11) is 0. The van der Waals surface area contributed by atoms with Gasteiger partial charge in [-0.1, -0.05) is 20.8 Å². The smallest absolute Gasteiger partial charge is 0.0537 e. The molecule has 0 atom stereocenters. The van der Waals surface area contributed by atoms with Gasteiger partial charge in [0.2, 0.25) is 0 Å². The number of aryl methyl sites for hydroxylation is 1. The van der Waals surface area contributed by atoms with Gasteiger partial charge in [0, 0.05) is 30.4 Å². The molecule has 0 saturated carbocycles. The van der Waals surface area contributed by atoms with Crippen molar-refractivity contribution in [1.29, 1.82) is 0 Å². The average Bonchev–Trinajstić information content (AvgIpc) is 2.46. The molecule has 1 aromatic rings. The second-order valence-corrected chi connectivity index (χ2v) is 4.01. The Morgan fingerprint density at radius 1 is 1.50 bits per heavy atom. The van der Waals surface area contributed by atoms with Crippen LogP contribution in [-0.2, 0) is 13.1 Å². The van der Waals surface area contributed by atoms with Gasteiger partial charge in [-0.2, -0.15) is 5.10 Å². The molecule has 0 aliphatic carbocycles. The van der Waals surface area contributed by atoms with E-state index in [1.54, 1.807) is 0 Å². The molecule has 0 aliphatic rings. The highest BCUT2D eigenvalue weighted by atomic mass is 15.3. The SMILES string of the molecule is CCCn1ncc(CNC(C)C)c1C. The first kappa shape index (κ1) is 11.2. The molecule has 0 bridgehead atoms. The van der Waals surface area contributed by atoms with E-state index in [-0.39, 0.29) is 0 Å². The summed E-state index contributed by atoms with van der Waals surface area (Å²) < 4.78 is 2.08. The molecular formula is C11H21N3. The van der Waals surface area contributed by atoms with E-state index in [1.807, 2.05) is 6.20 Å². The third-order valence-electron chi connectivity index (χ3n) is 2.34. The monoisotopic (exact) mass is 195 g/mol. The molecule has 1 aromatic heterocycles. The Morgan fingerprint density at radius 2 is 2.21 bits per heavy atom. The van der Waals surface area contributed by atoms with E-state index in [4.69, 9.17) is 0 Å². The molecule has 3 heteroatoms. The molecule has 0 fully saturated rings. The number of nitrogens with zero attached hydrogens (tertiary/aromatic N) is 2. The van der Waals surface area contributed by atoms with E-state index >= 15 is 0 Å². The number of aromatic nitrogens is 2. The summed E-state index contributed by atoms with van der Waals surface area (Å²) in [5, 5.41) is 7.76. The van der Waals surface area contributed by atoms with E-state index in [2.05, 4.69) is 42.8 Å². The molecule has 14 heavy (non-hydrogen) atoms. The molecule has 80 valence electrons. The molecule has 0 amide bonds. The minimum atomic E-state index is 0.531. The van der Waals surface area contributed by atoms with Gasteiger partial charge >= 0.3 is 0 Å². The lowest BCUT2D eigenvalue weighted by atomic mass is 10.2. The zero-order valence-corrected chi connectivity index (χ0v) is 9.67. The Balaban J connectivity index is 2.60. The van der Waals surface area contributed by atoms with Crippen LogP contribution in [0.15, 0.2) is 6.20 Å². The lowest BCUT2D eigenvalue weighted by molar-refractivity contribution is 0.573. The largest absolute Gasteiger partial charge is 0.310 e. The van der Waals surface area contributed by atoms with Crippen LogP contribution in [0.25, 0.3) is 0 Å². The first-order chi connectivity index (χ1) is 6.65. The maximum atomic E-state index is 4.36. The first-order valence-corrected chi connectivity index (χ1v) is 5.39. The predicted octanol–water partition coefficient (Wildman–Crippen LogP) is 2.10. The number of hydrogen-bond acceptors (Lipinski definition) is 2. The molecule has 0 saturated heterocycles. The van der Waals surface area contributed by atoms with Crippen LogP contribution in [0.2, 0.25) is 0 Å². The minimum Gasteiger partial charge on any atom is -0.310 e. The van der Waals surface area contributed by atoms with Gasteiger partial charge in [0.05, 0.1) is 6.20 Å². The summed E-state index contributed by atoms with van der Waals surface area (Å²) >= 11 is 0. The summed E-state index contributed by atoms with van der Waals surface area (Å²) in [5.74, 6) is 0. The molecular weight excluding hydrogens is 174 g/mol. The second-order valence-electron chi connectivity index (χ2n) is 4.01. The van der Waals surface area contributed by atoms with Crippen LogP contribution in [0.5, 0.6) is 0 Å². The van der Waals surface area contributed by atoms with Crippen molar-refractivity contribution < 1.29 is 0 Å². The lowest BCUT2D eigenvalue weighted by Crippen LogP contribution is -2.22. The highest BCUT2D eigenvalue weighted by Crippen LogP contribution is 2.07. The van der Waals surface area contributed by atoms with E-state index in [0.29, 0.717) is 6.04 Å². The fourth-order valence-corrected chi connectivity index (χ4v) is 1.41. The van der Waals surface area contributed by atoms with Crippen LogP contribution < -0.4 is 5.32 Å². The molecule has 1 N–H and O–H groups in total. The fourth-order valence-electron chi connectivity index (χ4n) is 1.41. The van der Waals surface area contributed by atoms with E-state index in [1.165, 1.54) is 11.3 Å². The average molecular weight is 195 g/mol. The summed E-state index contributed by atoms with van der Waals surface area (Å²) in [4.78, 5) is 0. The molecule has 0 aromatic carbocycles. The summed E-state index contributed by atoms with van der Waals surface area (Å²) in [6.45, 7) is 10.6. The maximum absolute atomic E-state index is 4.36. The Kier molecular flexibility index (Phi) is 4.14. The molecule has 0 aliphatic heterocycles. The van der Waals surface area contributed by atoms with Crippen LogP contribution in [0.1, 0.15) is 38.4 Å². The highest BCUT2D eigenvalue weighted by molar-refractivity contribution is 5.15. The predicted molar refractivity (Wildman–Crippen MR) is 59.2 cm³/mol. The van der Waals surface area contributed by atoms with Crippen molar-refractivity contribution in [3.63, 3.8) is 0 Å². The Hall–Kier alpha value is -0.830. The van der Waals surface area contributed by atoms with Gasteiger partial charge < -0.3 is 5.32 Å². The summed E-state index contributed by atoms with van der Waals surface area (Å²) in [6.07, 6.45) is 3.11. The van der Waals surface area contributed by atoms with Crippen LogP contribution in [0, 0.1) is 6.92 Å². The molecule has 3 nitrogen and oxygen atoms in total. The highest BCUT2D eigenvalue weighted by Gasteiger charge is 2.05. The van der Waals surface area contributed by atoms with Crippen molar-refractivity contribution in [2.75, 3.05) is 0 Å². The van der Waals surface area contributed by atoms with Crippen LogP contribution in [0.3, 0.4) is 0 Å². The minimum absolute atomic E-state index is 0.531. The van der Waals surface area contributed by atoms with Crippen molar-refractivity contribution in [1.82, 2.24) is 15.1 Å². The van der Waals surface area contributed by atoms with Crippen LogP contribution in [0.4, 0.5) is 0 Å². The second kappa shape index (κ2) is 5.15. The Morgan fingerprint density at radius 3 is 2.79 bits per heavy atom. The van der Waals surface area contributed by atoms with Gasteiger partial charge in [-0.25, -0.2) is 0 Å². The van der Waals surface area contributed by atoms with Crippen molar-refractivity contribution >= 4 is 0 Å². The standard InChI is InChI=1S/C11H21N3/c1-5-6-14-10(4)11(8-13-14)7-12-9(2)3/h8-9,12H,5-7H2,1-4H3. The Bertz CT molecular complexity index is 276. The Labute approximate surface area is 86.5 Å². The van der Waals surface area contributed by atoms with Crippen molar-refractivity contribution in [3.05, 3.63) is 17.5 Å².